The van der Waals surface area contributed by atoms with E-state index in [2.05, 4.69) is 10.4 Å². The molecule has 1 atom stereocenters. The quantitative estimate of drug-likeness (QED) is 0.442. The van der Waals surface area contributed by atoms with Crippen LogP contribution in [0.25, 0.3) is 0 Å². The fourth-order valence-electron chi connectivity index (χ4n) is 1.69. The lowest BCUT2D eigenvalue weighted by atomic mass is 10.1. The van der Waals surface area contributed by atoms with Crippen molar-refractivity contribution in [2.24, 2.45) is 5.73 Å². The van der Waals surface area contributed by atoms with Crippen LogP contribution in [0.4, 0.5) is 0 Å². The van der Waals surface area contributed by atoms with Crippen molar-refractivity contribution in [3.63, 3.8) is 0 Å². The third-order valence-electron chi connectivity index (χ3n) is 2.71. The molecule has 114 valence electrons. The van der Waals surface area contributed by atoms with E-state index in [1.807, 2.05) is 10.1 Å². The molecule has 0 fully saturated rings. The predicted molar refractivity (Wildman–Crippen MR) is 73.0 cm³/mol. The molecule has 0 saturated heterocycles. The molecule has 1 aromatic carbocycles. The highest BCUT2D eigenvalue weighted by molar-refractivity contribution is 5.95. The second-order valence-corrected chi connectivity index (χ2v) is 4.26. The SMILES string of the molecule is NC(=O)C(NC(=O)c1n[nH]c(=O)[nH]c1=O)c1ccc(O)cc1. The van der Waals surface area contributed by atoms with E-state index in [-0.39, 0.29) is 5.75 Å². The number of phenols is 1. The van der Waals surface area contributed by atoms with Crippen LogP contribution in [0, 0.1) is 0 Å². The van der Waals surface area contributed by atoms with Gasteiger partial charge in [-0.15, -0.1) is 0 Å². The van der Waals surface area contributed by atoms with Gasteiger partial charge in [0.15, 0.2) is 0 Å². The van der Waals surface area contributed by atoms with E-state index in [1.165, 1.54) is 24.3 Å². The van der Waals surface area contributed by atoms with Gasteiger partial charge in [-0.2, -0.15) is 5.10 Å². The maximum atomic E-state index is 12.0. The molecule has 0 spiro atoms. The molecule has 22 heavy (non-hydrogen) atoms. The average Bonchev–Trinajstić information content (AvgIpc) is 2.45. The summed E-state index contributed by atoms with van der Waals surface area (Å²) in [5.74, 6) is -1.90. The van der Waals surface area contributed by atoms with E-state index in [1.54, 1.807) is 0 Å². The van der Waals surface area contributed by atoms with Gasteiger partial charge < -0.3 is 16.2 Å². The van der Waals surface area contributed by atoms with Crippen LogP contribution in [0.5, 0.6) is 5.75 Å². The first-order chi connectivity index (χ1) is 10.4. The molecule has 10 nitrogen and oxygen atoms in total. The van der Waals surface area contributed by atoms with Crippen LogP contribution in [0.1, 0.15) is 22.1 Å². The molecule has 0 aliphatic heterocycles. The van der Waals surface area contributed by atoms with Gasteiger partial charge in [-0.3, -0.25) is 19.4 Å². The van der Waals surface area contributed by atoms with Gasteiger partial charge in [0.2, 0.25) is 11.6 Å². The highest BCUT2D eigenvalue weighted by Crippen LogP contribution is 2.16. The van der Waals surface area contributed by atoms with E-state index < -0.39 is 34.8 Å². The Morgan fingerprint density at radius 3 is 2.41 bits per heavy atom. The van der Waals surface area contributed by atoms with Crippen LogP contribution in [0.3, 0.4) is 0 Å². The lowest BCUT2D eigenvalue weighted by Gasteiger charge is -2.15. The van der Waals surface area contributed by atoms with E-state index >= 15 is 0 Å². The zero-order chi connectivity index (χ0) is 16.3. The Hall–Kier alpha value is -3.43. The van der Waals surface area contributed by atoms with Crippen molar-refractivity contribution >= 4 is 11.8 Å². The number of nitrogens with zero attached hydrogens (tertiary/aromatic N) is 1. The maximum Gasteiger partial charge on any atom is 0.342 e. The van der Waals surface area contributed by atoms with Gasteiger partial charge in [0.1, 0.15) is 11.8 Å². The summed E-state index contributed by atoms with van der Waals surface area (Å²) in [4.78, 5) is 47.6. The molecular formula is C12H11N5O5. The van der Waals surface area contributed by atoms with Gasteiger partial charge in [-0.05, 0) is 17.7 Å². The Bertz CT molecular complexity index is 823. The van der Waals surface area contributed by atoms with Gasteiger partial charge in [0.05, 0.1) is 0 Å². The Morgan fingerprint density at radius 1 is 1.23 bits per heavy atom. The number of aromatic amines is 2. The monoisotopic (exact) mass is 305 g/mol. The molecule has 2 aromatic rings. The summed E-state index contributed by atoms with van der Waals surface area (Å²) in [6, 6.07) is 4.15. The number of rotatable bonds is 4. The lowest BCUT2D eigenvalue weighted by molar-refractivity contribution is -0.120. The van der Waals surface area contributed by atoms with Gasteiger partial charge in [0.25, 0.3) is 11.5 Å². The summed E-state index contributed by atoms with van der Waals surface area (Å²) in [7, 11) is 0. The highest BCUT2D eigenvalue weighted by atomic mass is 16.3. The molecule has 1 aromatic heterocycles. The molecule has 0 aliphatic carbocycles. The van der Waals surface area contributed by atoms with Crippen LogP contribution in [-0.2, 0) is 4.79 Å². The van der Waals surface area contributed by atoms with Crippen LogP contribution in [-0.4, -0.2) is 32.1 Å². The number of aromatic hydroxyl groups is 1. The summed E-state index contributed by atoms with van der Waals surface area (Å²) in [6.07, 6.45) is 0. The number of primary amides is 1. The van der Waals surface area contributed by atoms with Gasteiger partial charge in [-0.25, -0.2) is 9.89 Å². The van der Waals surface area contributed by atoms with Crippen molar-refractivity contribution in [3.8, 4) is 5.75 Å². The fourth-order valence-corrected chi connectivity index (χ4v) is 1.69. The van der Waals surface area contributed by atoms with Crippen molar-refractivity contribution in [2.45, 2.75) is 6.04 Å². The summed E-state index contributed by atoms with van der Waals surface area (Å²) in [5.41, 5.74) is 3.03. The van der Waals surface area contributed by atoms with Crippen molar-refractivity contribution in [1.29, 1.82) is 0 Å². The number of phenolic OH excluding ortho intramolecular Hbond substituents is 1. The number of hydrogen-bond acceptors (Lipinski definition) is 6. The molecule has 0 bridgehead atoms. The largest absolute Gasteiger partial charge is 0.508 e. The lowest BCUT2D eigenvalue weighted by Crippen LogP contribution is -2.41. The van der Waals surface area contributed by atoms with E-state index in [0.717, 1.165) is 0 Å². The maximum absolute atomic E-state index is 12.0. The molecule has 1 heterocycles. The Labute approximate surface area is 122 Å². The summed E-state index contributed by atoms with van der Waals surface area (Å²) < 4.78 is 0. The molecule has 0 saturated carbocycles. The third-order valence-corrected chi connectivity index (χ3v) is 2.71. The van der Waals surface area contributed by atoms with Gasteiger partial charge >= 0.3 is 5.69 Å². The second-order valence-electron chi connectivity index (χ2n) is 4.26. The average molecular weight is 305 g/mol. The van der Waals surface area contributed by atoms with Crippen LogP contribution < -0.4 is 22.3 Å². The molecule has 2 rings (SSSR count). The van der Waals surface area contributed by atoms with Gasteiger partial charge in [-0.1, -0.05) is 12.1 Å². The fraction of sp³-hybridized carbons (Fsp3) is 0.0833. The van der Waals surface area contributed by atoms with E-state index in [0.29, 0.717) is 5.56 Å². The number of aromatic nitrogens is 3. The molecule has 2 amide bonds. The minimum Gasteiger partial charge on any atom is -0.508 e. The number of amides is 2. The number of carbonyl (C=O) groups is 2. The van der Waals surface area contributed by atoms with Crippen LogP contribution in [0.2, 0.25) is 0 Å². The Morgan fingerprint density at radius 2 is 1.86 bits per heavy atom. The normalized spacial score (nSPS) is 11.6. The Balaban J connectivity index is 2.30. The number of nitrogens with one attached hydrogen (secondary N) is 3. The third kappa shape index (κ3) is 3.17. The molecule has 6 N–H and O–H groups in total. The molecular weight excluding hydrogens is 294 g/mol. The van der Waals surface area contributed by atoms with Gasteiger partial charge in [0, 0.05) is 0 Å². The zero-order valence-electron chi connectivity index (χ0n) is 11.0. The smallest absolute Gasteiger partial charge is 0.342 e. The minimum absolute atomic E-state index is 0.0305. The van der Waals surface area contributed by atoms with E-state index in [9.17, 15) is 24.3 Å². The van der Waals surface area contributed by atoms with E-state index in [4.69, 9.17) is 5.73 Å². The number of hydrogen-bond donors (Lipinski definition) is 5. The second kappa shape index (κ2) is 5.91. The molecule has 10 heteroatoms. The Kier molecular flexibility index (Phi) is 4.02. The standard InChI is InChI=1S/C12H11N5O5/c13-9(19)7(5-1-3-6(18)4-2-5)14-10(20)8-11(21)15-12(22)17-16-8/h1-4,7,18H,(H2,13,19)(H,14,20)(H2,15,17,21,22). The first kappa shape index (κ1) is 15.0. The molecule has 0 aliphatic rings. The number of H-pyrrole nitrogens is 2. The van der Waals surface area contributed by atoms with Crippen molar-refractivity contribution in [2.75, 3.05) is 0 Å². The van der Waals surface area contributed by atoms with Crippen molar-refractivity contribution in [1.82, 2.24) is 20.5 Å². The topological polar surface area (TPSA) is 171 Å². The molecule has 0 radical (unpaired) electrons. The summed E-state index contributed by atoms with van der Waals surface area (Å²) in [5, 5.41) is 16.6. The number of benzene rings is 1. The van der Waals surface area contributed by atoms with Crippen molar-refractivity contribution in [3.05, 3.63) is 56.4 Å². The summed E-state index contributed by atoms with van der Waals surface area (Å²) >= 11 is 0. The highest BCUT2D eigenvalue weighted by Gasteiger charge is 2.23. The molecule has 1 unspecified atom stereocenters. The van der Waals surface area contributed by atoms with Crippen LogP contribution >= 0.6 is 0 Å². The predicted octanol–water partition coefficient (Wildman–Crippen LogP) is -1.88. The first-order valence-electron chi connectivity index (χ1n) is 5.96. The van der Waals surface area contributed by atoms with Crippen molar-refractivity contribution < 1.29 is 14.7 Å². The number of carbonyl (C=O) groups excluding carboxylic acids is 2. The number of nitrogens with two attached hydrogens (primary N) is 1. The zero-order valence-corrected chi connectivity index (χ0v) is 11.0. The minimum atomic E-state index is -1.23. The first-order valence-corrected chi connectivity index (χ1v) is 5.96. The van der Waals surface area contributed by atoms with Crippen LogP contribution in [0.15, 0.2) is 33.9 Å². The summed E-state index contributed by atoms with van der Waals surface area (Å²) in [6.45, 7) is 0.